The lowest BCUT2D eigenvalue weighted by Crippen LogP contribution is -2.25. The van der Waals surface area contributed by atoms with Crippen LogP contribution in [0.25, 0.3) is 0 Å². The van der Waals surface area contributed by atoms with Crippen molar-refractivity contribution in [3.63, 3.8) is 0 Å². The van der Waals surface area contributed by atoms with Crippen molar-refractivity contribution in [3.05, 3.63) is 27.9 Å². The highest BCUT2D eigenvalue weighted by molar-refractivity contribution is 7.89. The predicted octanol–water partition coefficient (Wildman–Crippen LogP) is 0.0990. The van der Waals surface area contributed by atoms with E-state index in [2.05, 4.69) is 5.14 Å². The molecule has 5 nitrogen and oxygen atoms in total. The number of hydrogen-bond acceptors (Lipinski definition) is 3. The molecule has 3 N–H and O–H groups in total. The van der Waals surface area contributed by atoms with Crippen molar-refractivity contribution in [2.75, 3.05) is 0 Å². The Bertz CT molecular complexity index is 537. The fourth-order valence-electron chi connectivity index (χ4n) is 0.911. The Balaban J connectivity index is 3.65. The average Bonchev–Trinajstić information content (AvgIpc) is 2.00. The van der Waals surface area contributed by atoms with Crippen molar-refractivity contribution in [1.82, 2.24) is 4.98 Å². The first-order valence-corrected chi connectivity index (χ1v) is 5.02. The zero-order valence-corrected chi connectivity index (χ0v) is 7.82. The lowest BCUT2D eigenvalue weighted by atomic mass is 10.3. The van der Waals surface area contributed by atoms with Crippen molar-refractivity contribution in [2.24, 2.45) is 5.14 Å². The van der Waals surface area contributed by atoms with E-state index >= 15 is 0 Å². The largest absolute Gasteiger partial charge is 0.337 e. The summed E-state index contributed by atoms with van der Waals surface area (Å²) in [5.74, 6) is -1.58. The van der Waals surface area contributed by atoms with Gasteiger partial charge in [0.05, 0.1) is 0 Å². The molecule has 0 saturated heterocycles. The molecular formula is C6H5F3N2O3S. The molecule has 0 aliphatic rings. The van der Waals surface area contributed by atoms with Gasteiger partial charge in [-0.25, -0.2) is 22.3 Å². The van der Waals surface area contributed by atoms with Gasteiger partial charge in [0.25, 0.3) is 6.43 Å². The highest BCUT2D eigenvalue weighted by Crippen LogP contribution is 2.17. The van der Waals surface area contributed by atoms with E-state index in [1.165, 1.54) is 0 Å². The average molecular weight is 242 g/mol. The number of H-pyrrole nitrogens is 1. The molecule has 0 unspecified atom stereocenters. The minimum absolute atomic E-state index is 0.429. The van der Waals surface area contributed by atoms with Crippen LogP contribution in [0.4, 0.5) is 13.2 Å². The van der Waals surface area contributed by atoms with E-state index in [0.717, 1.165) is 0 Å². The second-order valence-corrected chi connectivity index (χ2v) is 4.09. The number of hydrogen-bond donors (Lipinski definition) is 2. The van der Waals surface area contributed by atoms with E-state index in [0.29, 0.717) is 6.20 Å². The molecule has 0 spiro atoms. The molecular weight excluding hydrogens is 237 g/mol. The van der Waals surface area contributed by atoms with Crippen LogP contribution in [0, 0.1) is 5.95 Å². The third kappa shape index (κ3) is 2.18. The maximum absolute atomic E-state index is 12.7. The molecule has 0 aliphatic carbocycles. The monoisotopic (exact) mass is 242 g/mol. The number of alkyl halides is 2. The first kappa shape index (κ1) is 11.7. The molecule has 15 heavy (non-hydrogen) atoms. The number of halogens is 3. The molecule has 1 rings (SSSR count). The Morgan fingerprint density at radius 2 is 1.93 bits per heavy atom. The molecule has 1 heterocycles. The van der Waals surface area contributed by atoms with Crippen LogP contribution in [-0.2, 0) is 10.0 Å². The third-order valence-corrected chi connectivity index (χ3v) is 2.48. The fraction of sp³-hybridized carbons (Fsp3) is 0.167. The van der Waals surface area contributed by atoms with Crippen LogP contribution in [0.3, 0.4) is 0 Å². The maximum atomic E-state index is 12.7. The van der Waals surface area contributed by atoms with Gasteiger partial charge < -0.3 is 4.98 Å². The standard InChI is InChI=1S/C6H5F3N2O3S/c7-5(8)3-4(12)2(15(10,13)14)1-11-6(3)9/h1,5H,(H,11,12)(H2,10,13,14). The van der Waals surface area contributed by atoms with Crippen molar-refractivity contribution in [1.29, 1.82) is 0 Å². The molecule has 1 aromatic rings. The second kappa shape index (κ2) is 3.66. The van der Waals surface area contributed by atoms with Gasteiger partial charge in [0.2, 0.25) is 21.4 Å². The molecule has 1 aromatic heterocycles. The van der Waals surface area contributed by atoms with Crippen LogP contribution >= 0.6 is 0 Å². The van der Waals surface area contributed by atoms with Crippen molar-refractivity contribution < 1.29 is 21.6 Å². The summed E-state index contributed by atoms with van der Waals surface area (Å²) < 4.78 is 58.5. The number of nitrogens with two attached hydrogens (primary N) is 1. The van der Waals surface area contributed by atoms with Gasteiger partial charge in [0.15, 0.2) is 0 Å². The molecule has 0 amide bonds. The van der Waals surface area contributed by atoms with Gasteiger partial charge in [-0.05, 0) is 0 Å². The van der Waals surface area contributed by atoms with Gasteiger partial charge in [-0.1, -0.05) is 0 Å². The summed E-state index contributed by atoms with van der Waals surface area (Å²) in [5, 5.41) is 4.56. The van der Waals surface area contributed by atoms with Crippen LogP contribution < -0.4 is 10.6 Å². The highest BCUT2D eigenvalue weighted by Gasteiger charge is 2.24. The van der Waals surface area contributed by atoms with Crippen molar-refractivity contribution >= 4 is 10.0 Å². The highest BCUT2D eigenvalue weighted by atomic mass is 32.2. The first-order valence-electron chi connectivity index (χ1n) is 3.47. The molecule has 0 atom stereocenters. The third-order valence-electron chi connectivity index (χ3n) is 1.56. The Morgan fingerprint density at radius 3 is 2.33 bits per heavy atom. The number of rotatable bonds is 2. The first-order chi connectivity index (χ1) is 6.75. The SMILES string of the molecule is NS(=O)(=O)c1c[nH]c(F)c(C(F)F)c1=O. The van der Waals surface area contributed by atoms with Crippen molar-refractivity contribution in [2.45, 2.75) is 11.3 Å². The fourth-order valence-corrected chi connectivity index (χ4v) is 1.50. The van der Waals surface area contributed by atoms with Gasteiger partial charge in [0, 0.05) is 6.20 Å². The Hall–Kier alpha value is -1.35. The number of sulfonamides is 1. The van der Waals surface area contributed by atoms with Crippen LogP contribution in [0.1, 0.15) is 12.0 Å². The summed E-state index contributed by atoms with van der Waals surface area (Å²) in [5.41, 5.74) is -3.18. The molecule has 0 radical (unpaired) electrons. The van der Waals surface area contributed by atoms with Gasteiger partial charge in [-0.2, -0.15) is 4.39 Å². The lowest BCUT2D eigenvalue weighted by Gasteiger charge is -2.03. The summed E-state index contributed by atoms with van der Waals surface area (Å²) in [7, 11) is -4.45. The van der Waals surface area contributed by atoms with Gasteiger partial charge >= 0.3 is 0 Å². The number of primary sulfonamides is 1. The van der Waals surface area contributed by atoms with Crippen LogP contribution in [0.5, 0.6) is 0 Å². The maximum Gasteiger partial charge on any atom is 0.272 e. The molecule has 0 aromatic carbocycles. The minimum atomic E-state index is -4.45. The number of nitrogens with one attached hydrogen (secondary N) is 1. The topological polar surface area (TPSA) is 93.0 Å². The van der Waals surface area contributed by atoms with E-state index in [4.69, 9.17) is 0 Å². The number of aromatic nitrogens is 1. The van der Waals surface area contributed by atoms with E-state index in [-0.39, 0.29) is 0 Å². The molecule has 0 saturated carbocycles. The van der Waals surface area contributed by atoms with Crippen LogP contribution in [0.2, 0.25) is 0 Å². The number of pyridine rings is 1. The summed E-state index contributed by atoms with van der Waals surface area (Å²) >= 11 is 0. The van der Waals surface area contributed by atoms with E-state index in [1.54, 1.807) is 4.98 Å². The molecule has 84 valence electrons. The van der Waals surface area contributed by atoms with E-state index in [9.17, 15) is 26.4 Å². The molecule has 0 fully saturated rings. The summed E-state index contributed by atoms with van der Waals surface area (Å²) in [4.78, 5) is 11.6. The zero-order chi connectivity index (χ0) is 11.8. The van der Waals surface area contributed by atoms with Gasteiger partial charge in [-0.15, -0.1) is 0 Å². The molecule has 9 heteroatoms. The molecule has 0 aliphatic heterocycles. The molecule has 0 bridgehead atoms. The minimum Gasteiger partial charge on any atom is -0.337 e. The quantitative estimate of drug-likeness (QED) is 0.720. The summed E-state index contributed by atoms with van der Waals surface area (Å²) in [6, 6.07) is 0. The van der Waals surface area contributed by atoms with E-state index < -0.39 is 38.3 Å². The van der Waals surface area contributed by atoms with Crippen molar-refractivity contribution in [3.8, 4) is 0 Å². The Kier molecular flexibility index (Phi) is 2.86. The zero-order valence-electron chi connectivity index (χ0n) is 7.00. The summed E-state index contributed by atoms with van der Waals surface area (Å²) in [6.07, 6.45) is -2.99. The summed E-state index contributed by atoms with van der Waals surface area (Å²) in [6.45, 7) is 0. The second-order valence-electron chi connectivity index (χ2n) is 2.56. The van der Waals surface area contributed by atoms with E-state index in [1.807, 2.05) is 0 Å². The Morgan fingerprint density at radius 1 is 1.40 bits per heavy atom. The van der Waals surface area contributed by atoms with Gasteiger partial charge in [0.1, 0.15) is 10.5 Å². The van der Waals surface area contributed by atoms with Gasteiger partial charge in [-0.3, -0.25) is 4.79 Å². The van der Waals surface area contributed by atoms with Crippen LogP contribution in [-0.4, -0.2) is 13.4 Å². The predicted molar refractivity (Wildman–Crippen MR) is 43.4 cm³/mol. The smallest absolute Gasteiger partial charge is 0.272 e. The lowest BCUT2D eigenvalue weighted by molar-refractivity contribution is 0.143. The Labute approximate surface area is 81.8 Å². The normalized spacial score (nSPS) is 12.1. The number of aromatic amines is 1. The van der Waals surface area contributed by atoms with Crippen LogP contribution in [0.15, 0.2) is 15.9 Å².